The summed E-state index contributed by atoms with van der Waals surface area (Å²) in [4.78, 5) is 44.1. The lowest BCUT2D eigenvalue weighted by atomic mass is 10.0. The van der Waals surface area contributed by atoms with Crippen molar-refractivity contribution in [3.05, 3.63) is 88.2 Å². The minimum atomic E-state index is -0.610. The number of hydrogen-bond donors (Lipinski definition) is 2. The van der Waals surface area contributed by atoms with Crippen molar-refractivity contribution in [2.24, 2.45) is 0 Å². The number of benzene rings is 2. The third-order valence-electron chi connectivity index (χ3n) is 6.21. The standard InChI is InChI=1S/C30H34N4O4/c1-19-9-10-20(2)22(15-19)18-34(24-12-13-25-21(16-24)11-14-27(35)33-25)28(36)26-8-6-7-23(32-26)17-31-29(37)38-30(3,4)5/h6-10,12-13,15-16H,11,14,17-18H2,1-5H3,(H,31,37)(H,33,35). The van der Waals surface area contributed by atoms with Crippen molar-refractivity contribution in [2.45, 2.75) is 66.2 Å². The van der Waals surface area contributed by atoms with Gasteiger partial charge in [-0.25, -0.2) is 9.78 Å². The van der Waals surface area contributed by atoms with Gasteiger partial charge >= 0.3 is 6.09 Å². The summed E-state index contributed by atoms with van der Waals surface area (Å²) in [6.45, 7) is 9.93. The molecule has 3 amide bonds. The van der Waals surface area contributed by atoms with Gasteiger partial charge in [-0.15, -0.1) is 0 Å². The fourth-order valence-corrected chi connectivity index (χ4v) is 4.27. The fraction of sp³-hybridized carbons (Fsp3) is 0.333. The molecule has 0 radical (unpaired) electrons. The highest BCUT2D eigenvalue weighted by Gasteiger charge is 2.23. The number of aromatic nitrogens is 1. The van der Waals surface area contributed by atoms with Gasteiger partial charge in [0.15, 0.2) is 0 Å². The molecule has 0 aliphatic carbocycles. The number of amides is 3. The number of nitrogens with zero attached hydrogens (tertiary/aromatic N) is 2. The molecule has 1 aliphatic rings. The van der Waals surface area contributed by atoms with E-state index in [1.165, 1.54) is 0 Å². The van der Waals surface area contributed by atoms with Crippen LogP contribution in [0.1, 0.15) is 65.6 Å². The fourth-order valence-electron chi connectivity index (χ4n) is 4.27. The van der Waals surface area contributed by atoms with E-state index in [0.717, 1.165) is 33.6 Å². The highest BCUT2D eigenvalue weighted by Crippen LogP contribution is 2.30. The quantitative estimate of drug-likeness (QED) is 0.455. The van der Waals surface area contributed by atoms with Crippen LogP contribution in [0.4, 0.5) is 16.2 Å². The van der Waals surface area contributed by atoms with Gasteiger partial charge in [0.25, 0.3) is 5.91 Å². The molecule has 0 saturated heterocycles. The second kappa shape index (κ2) is 11.0. The van der Waals surface area contributed by atoms with E-state index in [2.05, 4.69) is 33.8 Å². The van der Waals surface area contributed by atoms with Crippen molar-refractivity contribution in [1.29, 1.82) is 0 Å². The Bertz CT molecular complexity index is 1380. The summed E-state index contributed by atoms with van der Waals surface area (Å²) in [7, 11) is 0. The summed E-state index contributed by atoms with van der Waals surface area (Å²) in [6.07, 6.45) is 0.481. The molecule has 8 nitrogen and oxygen atoms in total. The topological polar surface area (TPSA) is 101 Å². The van der Waals surface area contributed by atoms with Gasteiger partial charge in [-0.2, -0.15) is 0 Å². The Hall–Kier alpha value is -4.20. The van der Waals surface area contributed by atoms with Crippen molar-refractivity contribution in [2.75, 3.05) is 10.2 Å². The van der Waals surface area contributed by atoms with Gasteiger partial charge in [0.05, 0.1) is 18.8 Å². The first-order valence-electron chi connectivity index (χ1n) is 12.7. The SMILES string of the molecule is Cc1ccc(C)c(CN(C(=O)c2cccc(CNC(=O)OC(C)(C)C)n2)c2ccc3c(c2)CCC(=O)N3)c1. The van der Waals surface area contributed by atoms with Gasteiger partial charge in [-0.3, -0.25) is 9.59 Å². The second-order valence-corrected chi connectivity index (χ2v) is 10.6. The van der Waals surface area contributed by atoms with Gasteiger partial charge in [0.1, 0.15) is 11.3 Å². The zero-order valence-electron chi connectivity index (χ0n) is 22.6. The van der Waals surface area contributed by atoms with E-state index in [4.69, 9.17) is 4.74 Å². The Balaban J connectivity index is 1.63. The van der Waals surface area contributed by atoms with E-state index >= 15 is 0 Å². The number of alkyl carbamates (subject to hydrolysis) is 1. The van der Waals surface area contributed by atoms with Crippen LogP contribution in [0.5, 0.6) is 0 Å². The van der Waals surface area contributed by atoms with E-state index < -0.39 is 11.7 Å². The molecule has 8 heteroatoms. The van der Waals surface area contributed by atoms with Crippen LogP contribution in [0, 0.1) is 13.8 Å². The van der Waals surface area contributed by atoms with Crippen LogP contribution in [0.3, 0.4) is 0 Å². The molecule has 38 heavy (non-hydrogen) atoms. The summed E-state index contributed by atoms with van der Waals surface area (Å²) in [5, 5.41) is 5.59. The summed E-state index contributed by atoms with van der Waals surface area (Å²) < 4.78 is 5.29. The first-order chi connectivity index (χ1) is 18.0. The number of carbonyl (C=O) groups is 3. The Morgan fingerprint density at radius 1 is 1.05 bits per heavy atom. The zero-order valence-corrected chi connectivity index (χ0v) is 22.6. The Morgan fingerprint density at radius 2 is 1.84 bits per heavy atom. The number of hydrogen-bond acceptors (Lipinski definition) is 5. The van der Waals surface area contributed by atoms with Crippen molar-refractivity contribution in [1.82, 2.24) is 10.3 Å². The molecule has 3 aromatic rings. The Labute approximate surface area is 223 Å². The molecule has 2 N–H and O–H groups in total. The third kappa shape index (κ3) is 6.76. The second-order valence-electron chi connectivity index (χ2n) is 10.6. The highest BCUT2D eigenvalue weighted by molar-refractivity contribution is 6.05. The molecule has 1 aromatic heterocycles. The molecule has 0 atom stereocenters. The predicted molar refractivity (Wildman–Crippen MR) is 147 cm³/mol. The first kappa shape index (κ1) is 26.9. The Kier molecular flexibility index (Phi) is 7.80. The Morgan fingerprint density at radius 3 is 2.61 bits per heavy atom. The number of fused-ring (bicyclic) bond motifs is 1. The number of ether oxygens (including phenoxy) is 1. The maximum Gasteiger partial charge on any atom is 0.407 e. The number of anilines is 2. The van der Waals surface area contributed by atoms with Crippen LogP contribution in [-0.2, 0) is 29.0 Å². The maximum atomic E-state index is 13.9. The normalized spacial score (nSPS) is 12.8. The molecule has 0 saturated carbocycles. The van der Waals surface area contributed by atoms with Crippen molar-refractivity contribution in [3.8, 4) is 0 Å². The minimum absolute atomic E-state index is 0.00502. The van der Waals surface area contributed by atoms with Gasteiger partial charge in [-0.1, -0.05) is 29.8 Å². The predicted octanol–water partition coefficient (Wildman–Crippen LogP) is 5.45. The number of rotatable bonds is 6. The summed E-state index contributed by atoms with van der Waals surface area (Å²) in [5.74, 6) is -0.264. The highest BCUT2D eigenvalue weighted by atomic mass is 16.6. The van der Waals surface area contributed by atoms with Crippen molar-refractivity contribution in [3.63, 3.8) is 0 Å². The van der Waals surface area contributed by atoms with E-state index in [1.807, 2.05) is 32.0 Å². The van der Waals surface area contributed by atoms with Gasteiger partial charge in [0, 0.05) is 17.8 Å². The van der Waals surface area contributed by atoms with Crippen LogP contribution in [0.25, 0.3) is 0 Å². The maximum absolute atomic E-state index is 13.9. The van der Waals surface area contributed by atoms with E-state index in [0.29, 0.717) is 25.1 Å². The average Bonchev–Trinajstić information content (AvgIpc) is 2.86. The number of nitrogens with one attached hydrogen (secondary N) is 2. The summed E-state index contributed by atoms with van der Waals surface area (Å²) >= 11 is 0. The van der Waals surface area contributed by atoms with Gasteiger partial charge in [-0.05, 0) is 88.1 Å². The lowest BCUT2D eigenvalue weighted by molar-refractivity contribution is -0.116. The third-order valence-corrected chi connectivity index (χ3v) is 6.21. The van der Waals surface area contributed by atoms with Crippen LogP contribution in [-0.4, -0.2) is 28.5 Å². The number of pyridine rings is 1. The molecule has 2 heterocycles. The summed E-state index contributed by atoms with van der Waals surface area (Å²) in [5.41, 5.74) is 5.92. The molecule has 0 unspecified atom stereocenters. The molecule has 4 rings (SSSR count). The van der Waals surface area contributed by atoms with Crippen LogP contribution >= 0.6 is 0 Å². The van der Waals surface area contributed by atoms with Crippen molar-refractivity contribution >= 4 is 29.3 Å². The van der Waals surface area contributed by atoms with Crippen molar-refractivity contribution < 1.29 is 19.1 Å². The van der Waals surface area contributed by atoms with E-state index in [9.17, 15) is 14.4 Å². The lowest BCUT2D eigenvalue weighted by Gasteiger charge is -2.26. The van der Waals surface area contributed by atoms with Crippen LogP contribution in [0.15, 0.2) is 54.6 Å². The zero-order chi connectivity index (χ0) is 27.4. The van der Waals surface area contributed by atoms with Crippen LogP contribution in [0.2, 0.25) is 0 Å². The van der Waals surface area contributed by atoms with Gasteiger partial charge in [0.2, 0.25) is 5.91 Å². The number of carbonyl (C=O) groups excluding carboxylic acids is 3. The molecular formula is C30H34N4O4. The largest absolute Gasteiger partial charge is 0.444 e. The number of aryl methyl sites for hydroxylation is 3. The molecule has 0 fully saturated rings. The molecule has 0 spiro atoms. The smallest absolute Gasteiger partial charge is 0.407 e. The van der Waals surface area contributed by atoms with E-state index in [1.54, 1.807) is 43.9 Å². The lowest BCUT2D eigenvalue weighted by Crippen LogP contribution is -2.33. The molecular weight excluding hydrogens is 480 g/mol. The molecule has 198 valence electrons. The van der Waals surface area contributed by atoms with Gasteiger partial charge < -0.3 is 20.3 Å². The molecule has 2 aromatic carbocycles. The van der Waals surface area contributed by atoms with Crippen LogP contribution < -0.4 is 15.5 Å². The monoisotopic (exact) mass is 514 g/mol. The molecule has 0 bridgehead atoms. The average molecular weight is 515 g/mol. The molecule has 1 aliphatic heterocycles. The first-order valence-corrected chi connectivity index (χ1v) is 12.7. The van der Waals surface area contributed by atoms with E-state index in [-0.39, 0.29) is 24.1 Å². The summed E-state index contributed by atoms with van der Waals surface area (Å²) in [6, 6.07) is 17.0. The minimum Gasteiger partial charge on any atom is -0.444 e.